The summed E-state index contributed by atoms with van der Waals surface area (Å²) in [6.45, 7) is 0.483. The average Bonchev–Trinajstić information content (AvgIpc) is 3.29. The van der Waals surface area contributed by atoms with E-state index in [1.54, 1.807) is 38.5 Å². The summed E-state index contributed by atoms with van der Waals surface area (Å²) in [4.78, 5) is 17.5. The van der Waals surface area contributed by atoms with Gasteiger partial charge in [-0.1, -0.05) is 17.7 Å². The van der Waals surface area contributed by atoms with Gasteiger partial charge in [-0.2, -0.15) is 10.2 Å². The topological polar surface area (TPSA) is 70.5 Å². The standard InChI is InChI=1S/C20H15ClN6O/c1-25-8-6-14(23-25)11-26-12-17-16-5-4-13(21)9-18(16)27(20(28)19(17)24-26)15-3-2-7-22-10-15/h2-10,12H,11H2,1H3. The van der Waals surface area contributed by atoms with E-state index in [1.165, 1.54) is 0 Å². The highest BCUT2D eigenvalue weighted by Gasteiger charge is 2.16. The molecule has 0 amide bonds. The van der Waals surface area contributed by atoms with Crippen LogP contribution in [0.25, 0.3) is 27.5 Å². The van der Waals surface area contributed by atoms with Gasteiger partial charge in [-0.25, -0.2) is 0 Å². The summed E-state index contributed by atoms with van der Waals surface area (Å²) in [7, 11) is 1.87. The Labute approximate surface area is 164 Å². The molecule has 4 aromatic heterocycles. The monoisotopic (exact) mass is 390 g/mol. The molecule has 4 heterocycles. The molecule has 0 bridgehead atoms. The van der Waals surface area contributed by atoms with E-state index in [9.17, 15) is 4.79 Å². The molecule has 0 atom stereocenters. The lowest BCUT2D eigenvalue weighted by Gasteiger charge is -2.10. The van der Waals surface area contributed by atoms with Crippen LogP contribution >= 0.6 is 11.6 Å². The molecule has 0 aliphatic carbocycles. The number of aryl methyl sites for hydroxylation is 1. The van der Waals surface area contributed by atoms with Crippen LogP contribution in [0.4, 0.5) is 0 Å². The van der Waals surface area contributed by atoms with Gasteiger partial charge in [-0.15, -0.1) is 0 Å². The van der Waals surface area contributed by atoms with Crippen molar-refractivity contribution < 1.29 is 0 Å². The largest absolute Gasteiger partial charge is 0.284 e. The van der Waals surface area contributed by atoms with Crippen LogP contribution in [0.2, 0.25) is 5.02 Å². The molecule has 0 aliphatic heterocycles. The minimum Gasteiger partial charge on any atom is -0.275 e. The third-order valence-electron chi connectivity index (χ3n) is 4.66. The fourth-order valence-corrected chi connectivity index (χ4v) is 3.61. The molecule has 0 saturated carbocycles. The number of benzene rings is 1. The van der Waals surface area contributed by atoms with Crippen molar-refractivity contribution in [2.45, 2.75) is 6.54 Å². The molecule has 138 valence electrons. The Morgan fingerprint density at radius 3 is 2.75 bits per heavy atom. The first kappa shape index (κ1) is 16.7. The number of hydrogen-bond acceptors (Lipinski definition) is 4. The van der Waals surface area contributed by atoms with Gasteiger partial charge in [0.15, 0.2) is 5.52 Å². The molecule has 7 nitrogen and oxygen atoms in total. The fourth-order valence-electron chi connectivity index (χ4n) is 3.45. The molecule has 0 spiro atoms. The lowest BCUT2D eigenvalue weighted by molar-refractivity contribution is 0.655. The van der Waals surface area contributed by atoms with Crippen LogP contribution < -0.4 is 5.56 Å². The third-order valence-corrected chi connectivity index (χ3v) is 4.89. The van der Waals surface area contributed by atoms with Crippen molar-refractivity contribution in [3.8, 4) is 5.69 Å². The first-order valence-corrected chi connectivity index (χ1v) is 9.08. The number of fused-ring (bicyclic) bond motifs is 3. The molecule has 0 N–H and O–H groups in total. The van der Waals surface area contributed by atoms with Crippen molar-refractivity contribution in [3.63, 3.8) is 0 Å². The first-order chi connectivity index (χ1) is 13.6. The summed E-state index contributed by atoms with van der Waals surface area (Å²) in [6.07, 6.45) is 7.09. The molecule has 0 saturated heterocycles. The summed E-state index contributed by atoms with van der Waals surface area (Å²) < 4.78 is 5.09. The molecule has 0 radical (unpaired) electrons. The Morgan fingerprint density at radius 1 is 1.11 bits per heavy atom. The summed E-state index contributed by atoms with van der Waals surface area (Å²) in [5.41, 5.74) is 2.44. The second-order valence-electron chi connectivity index (χ2n) is 6.58. The smallest absolute Gasteiger partial charge is 0.275 e. The van der Waals surface area contributed by atoms with Crippen molar-refractivity contribution in [1.29, 1.82) is 0 Å². The Balaban J connectivity index is 1.80. The number of hydrogen-bond donors (Lipinski definition) is 0. The van der Waals surface area contributed by atoms with Gasteiger partial charge in [0.25, 0.3) is 5.56 Å². The summed E-state index contributed by atoms with van der Waals surface area (Å²) in [5, 5.41) is 11.2. The lowest BCUT2D eigenvalue weighted by Crippen LogP contribution is -2.19. The molecular weight excluding hydrogens is 376 g/mol. The van der Waals surface area contributed by atoms with Crippen LogP contribution in [0, 0.1) is 0 Å². The lowest BCUT2D eigenvalue weighted by atomic mass is 10.1. The maximum atomic E-state index is 13.3. The molecule has 5 aromatic rings. The predicted octanol–water partition coefficient (Wildman–Crippen LogP) is 3.17. The maximum absolute atomic E-state index is 13.3. The van der Waals surface area contributed by atoms with Crippen LogP contribution in [0.1, 0.15) is 5.69 Å². The summed E-state index contributed by atoms with van der Waals surface area (Å²) >= 11 is 6.23. The number of pyridine rings is 2. The van der Waals surface area contributed by atoms with E-state index >= 15 is 0 Å². The van der Waals surface area contributed by atoms with Gasteiger partial charge in [0.05, 0.1) is 29.6 Å². The van der Waals surface area contributed by atoms with E-state index in [0.29, 0.717) is 22.8 Å². The van der Waals surface area contributed by atoms with Crippen LogP contribution in [-0.2, 0) is 13.6 Å². The van der Waals surface area contributed by atoms with Crippen LogP contribution in [0.3, 0.4) is 0 Å². The van der Waals surface area contributed by atoms with Gasteiger partial charge in [-0.3, -0.25) is 23.7 Å². The highest BCUT2D eigenvalue weighted by molar-refractivity contribution is 6.31. The van der Waals surface area contributed by atoms with Crippen molar-refractivity contribution in [2.75, 3.05) is 0 Å². The fraction of sp³-hybridized carbons (Fsp3) is 0.100. The molecule has 0 fully saturated rings. The Kier molecular flexibility index (Phi) is 3.77. The zero-order valence-electron chi connectivity index (χ0n) is 15.0. The number of rotatable bonds is 3. The Bertz CT molecular complexity index is 1380. The predicted molar refractivity (Wildman–Crippen MR) is 108 cm³/mol. The van der Waals surface area contributed by atoms with Crippen molar-refractivity contribution in [1.82, 2.24) is 29.1 Å². The van der Waals surface area contributed by atoms with E-state index < -0.39 is 0 Å². The van der Waals surface area contributed by atoms with Crippen molar-refractivity contribution >= 4 is 33.4 Å². The van der Waals surface area contributed by atoms with Crippen LogP contribution in [-0.4, -0.2) is 29.1 Å². The first-order valence-electron chi connectivity index (χ1n) is 8.70. The number of aromatic nitrogens is 6. The van der Waals surface area contributed by atoms with E-state index in [4.69, 9.17) is 11.6 Å². The third kappa shape index (κ3) is 2.68. The van der Waals surface area contributed by atoms with E-state index in [-0.39, 0.29) is 5.56 Å². The van der Waals surface area contributed by atoms with Gasteiger partial charge in [0, 0.05) is 41.4 Å². The molecule has 0 aliphatic rings. The molecular formula is C20H15ClN6O. The van der Waals surface area contributed by atoms with Crippen molar-refractivity contribution in [3.05, 3.63) is 82.3 Å². The minimum atomic E-state index is -0.211. The van der Waals surface area contributed by atoms with E-state index in [0.717, 1.165) is 22.0 Å². The highest BCUT2D eigenvalue weighted by atomic mass is 35.5. The number of halogens is 1. The van der Waals surface area contributed by atoms with Crippen molar-refractivity contribution in [2.24, 2.45) is 7.05 Å². The quantitative estimate of drug-likeness (QED) is 0.474. The number of nitrogens with zero attached hydrogens (tertiary/aromatic N) is 6. The zero-order valence-corrected chi connectivity index (χ0v) is 15.7. The average molecular weight is 391 g/mol. The Morgan fingerprint density at radius 2 is 2.00 bits per heavy atom. The molecule has 8 heteroatoms. The molecule has 0 unspecified atom stereocenters. The van der Waals surface area contributed by atoms with Gasteiger partial charge >= 0.3 is 0 Å². The summed E-state index contributed by atoms with van der Waals surface area (Å²) in [6, 6.07) is 11.1. The minimum absolute atomic E-state index is 0.211. The van der Waals surface area contributed by atoms with E-state index in [1.807, 2.05) is 43.7 Å². The maximum Gasteiger partial charge on any atom is 0.284 e. The SMILES string of the molecule is Cn1ccc(Cn2cc3c(n2)c(=O)n(-c2cccnc2)c2cc(Cl)ccc32)n1. The van der Waals surface area contributed by atoms with Crippen LogP contribution in [0.5, 0.6) is 0 Å². The van der Waals surface area contributed by atoms with Gasteiger partial charge in [-0.05, 0) is 30.3 Å². The Hall–Kier alpha value is -3.45. The highest BCUT2D eigenvalue weighted by Crippen LogP contribution is 2.27. The molecule has 5 rings (SSSR count). The van der Waals surface area contributed by atoms with E-state index in [2.05, 4.69) is 15.2 Å². The molecule has 28 heavy (non-hydrogen) atoms. The van der Waals surface area contributed by atoms with Crippen LogP contribution in [0.15, 0.2) is 66.0 Å². The second-order valence-corrected chi connectivity index (χ2v) is 7.02. The van der Waals surface area contributed by atoms with Gasteiger partial charge in [0.2, 0.25) is 0 Å². The van der Waals surface area contributed by atoms with Gasteiger partial charge < -0.3 is 0 Å². The normalized spacial score (nSPS) is 11.5. The van der Waals surface area contributed by atoms with Gasteiger partial charge in [0.1, 0.15) is 0 Å². The second kappa shape index (κ2) is 6.31. The molecule has 1 aromatic carbocycles. The zero-order chi connectivity index (χ0) is 19.3. The summed E-state index contributed by atoms with van der Waals surface area (Å²) in [5.74, 6) is 0.